The third-order valence-corrected chi connectivity index (χ3v) is 2.06. The molecule has 0 aromatic heterocycles. The monoisotopic (exact) mass is 174 g/mol. The second-order valence-corrected chi connectivity index (χ2v) is 3.09. The van der Waals surface area contributed by atoms with Crippen LogP contribution < -0.4 is 11.1 Å². The van der Waals surface area contributed by atoms with Crippen LogP contribution >= 0.6 is 0 Å². The van der Waals surface area contributed by atoms with Crippen LogP contribution in [0.15, 0.2) is 29.3 Å². The van der Waals surface area contributed by atoms with Crippen molar-refractivity contribution in [1.29, 1.82) is 0 Å². The predicted octanol–water partition coefficient (Wildman–Crippen LogP) is 1.34. The summed E-state index contributed by atoms with van der Waals surface area (Å²) in [6.45, 7) is 1.91. The van der Waals surface area contributed by atoms with E-state index in [1.54, 1.807) is 12.1 Å². The van der Waals surface area contributed by atoms with Crippen molar-refractivity contribution in [2.45, 2.75) is 6.42 Å². The number of hydrogen-bond acceptors (Lipinski definition) is 2. The lowest BCUT2D eigenvalue weighted by Gasteiger charge is -2.14. The van der Waals surface area contributed by atoms with E-state index in [1.165, 1.54) is 0 Å². The van der Waals surface area contributed by atoms with Crippen LogP contribution in [-0.2, 0) is 0 Å². The Balaban J connectivity index is 2.24. The van der Waals surface area contributed by atoms with E-state index in [9.17, 15) is 0 Å². The van der Waals surface area contributed by atoms with E-state index in [0.29, 0.717) is 5.69 Å². The Morgan fingerprint density at radius 3 is 2.62 bits per heavy atom. The van der Waals surface area contributed by atoms with E-state index >= 15 is 0 Å². The molecule has 0 spiro atoms. The zero-order chi connectivity index (χ0) is 9.10. The van der Waals surface area contributed by atoms with Crippen molar-refractivity contribution >= 4 is 11.5 Å². The van der Waals surface area contributed by atoms with Gasteiger partial charge in [-0.2, -0.15) is 0 Å². The molecule has 0 fully saturated rings. The van der Waals surface area contributed by atoms with E-state index in [0.717, 1.165) is 30.9 Å². The smallest absolute Gasteiger partial charge is 0.128 e. The molecule has 2 N–H and O–H groups in total. The van der Waals surface area contributed by atoms with Crippen molar-refractivity contribution in [2.75, 3.05) is 13.1 Å². The van der Waals surface area contributed by atoms with Gasteiger partial charge in [-0.1, -0.05) is 0 Å². The molecule has 0 atom stereocenters. The molecule has 1 aliphatic rings. The molecular weight excluding hydrogens is 162 g/mol. The van der Waals surface area contributed by atoms with Crippen molar-refractivity contribution in [1.82, 2.24) is 11.1 Å². The molecule has 2 rings (SSSR count). The van der Waals surface area contributed by atoms with Gasteiger partial charge in [-0.3, -0.25) is 4.99 Å². The summed E-state index contributed by atoms with van der Waals surface area (Å²) in [5.41, 5.74) is 8.97. The number of nitrogens with one attached hydrogen (secondary N) is 2. The number of aliphatic imine (C=N–C) groups is 1. The topological polar surface area (TPSA) is 48.2 Å². The van der Waals surface area contributed by atoms with Crippen LogP contribution in [0.1, 0.15) is 12.0 Å². The van der Waals surface area contributed by atoms with Gasteiger partial charge in [0.1, 0.15) is 5.84 Å². The molecular formula is C10H12N3. The highest BCUT2D eigenvalue weighted by Gasteiger charge is 2.05. The third-order valence-electron chi connectivity index (χ3n) is 2.06. The largest absolute Gasteiger partial charge is 0.370 e. The molecule has 1 aromatic carbocycles. The molecule has 0 bridgehead atoms. The second-order valence-electron chi connectivity index (χ2n) is 3.09. The summed E-state index contributed by atoms with van der Waals surface area (Å²) in [5.74, 6) is 0.964. The van der Waals surface area contributed by atoms with Gasteiger partial charge in [0.2, 0.25) is 0 Å². The fourth-order valence-corrected chi connectivity index (χ4v) is 1.35. The number of benzene rings is 1. The quantitative estimate of drug-likeness (QED) is 0.686. The molecule has 0 saturated heterocycles. The average molecular weight is 174 g/mol. The van der Waals surface area contributed by atoms with Crippen molar-refractivity contribution < 1.29 is 0 Å². The highest BCUT2D eigenvalue weighted by molar-refractivity contribution is 5.99. The molecule has 67 valence electrons. The fourth-order valence-electron chi connectivity index (χ4n) is 1.35. The van der Waals surface area contributed by atoms with E-state index in [4.69, 9.17) is 5.73 Å². The van der Waals surface area contributed by atoms with Gasteiger partial charge in [0.15, 0.2) is 0 Å². The van der Waals surface area contributed by atoms with Gasteiger partial charge in [0.25, 0.3) is 0 Å². The highest BCUT2D eigenvalue weighted by Crippen LogP contribution is 2.08. The third kappa shape index (κ3) is 1.80. The van der Waals surface area contributed by atoms with Gasteiger partial charge >= 0.3 is 0 Å². The maximum atomic E-state index is 7.35. The lowest BCUT2D eigenvalue weighted by molar-refractivity contribution is 0.742. The maximum Gasteiger partial charge on any atom is 0.128 e. The molecule has 0 amide bonds. The van der Waals surface area contributed by atoms with Gasteiger partial charge in [-0.05, 0) is 30.7 Å². The molecule has 3 heteroatoms. The van der Waals surface area contributed by atoms with Crippen LogP contribution in [0.3, 0.4) is 0 Å². The van der Waals surface area contributed by atoms with E-state index < -0.39 is 0 Å². The highest BCUT2D eigenvalue weighted by atomic mass is 15.0. The summed E-state index contributed by atoms with van der Waals surface area (Å²) < 4.78 is 0. The second kappa shape index (κ2) is 3.47. The van der Waals surface area contributed by atoms with Crippen molar-refractivity contribution in [3.63, 3.8) is 0 Å². The Kier molecular flexibility index (Phi) is 2.17. The number of nitrogens with zero attached hydrogens (tertiary/aromatic N) is 1. The first kappa shape index (κ1) is 8.10. The normalized spacial score (nSPS) is 16.2. The average Bonchev–Trinajstić information content (AvgIpc) is 2.20. The summed E-state index contributed by atoms with van der Waals surface area (Å²) in [6.07, 6.45) is 1.11. The SMILES string of the molecule is [NH]c1ccc(C2=NCCCN2)cc1. The Morgan fingerprint density at radius 2 is 2.00 bits per heavy atom. The number of rotatable bonds is 1. The zero-order valence-electron chi connectivity index (χ0n) is 7.38. The first-order valence-electron chi connectivity index (χ1n) is 4.46. The minimum Gasteiger partial charge on any atom is -0.370 e. The standard InChI is InChI=1S/C10H12N3/c11-9-4-2-8(3-5-9)10-12-6-1-7-13-10/h2-5,11H,1,6-7H2,(H,12,13). The van der Waals surface area contributed by atoms with Gasteiger partial charge in [0.05, 0.1) is 5.69 Å². The van der Waals surface area contributed by atoms with Crippen LogP contribution in [0.5, 0.6) is 0 Å². The van der Waals surface area contributed by atoms with Gasteiger partial charge in [0, 0.05) is 18.7 Å². The number of amidine groups is 1. The van der Waals surface area contributed by atoms with E-state index in [1.807, 2.05) is 12.1 Å². The lowest BCUT2D eigenvalue weighted by Crippen LogP contribution is -2.30. The summed E-state index contributed by atoms with van der Waals surface area (Å²) in [7, 11) is 0. The molecule has 1 radical (unpaired) electrons. The van der Waals surface area contributed by atoms with Crippen LogP contribution in [0.25, 0.3) is 0 Å². The minimum atomic E-state index is 0.542. The summed E-state index contributed by atoms with van der Waals surface area (Å²) >= 11 is 0. The summed E-state index contributed by atoms with van der Waals surface area (Å²) in [5, 5.41) is 3.24. The Bertz CT molecular complexity index is 313. The summed E-state index contributed by atoms with van der Waals surface area (Å²) in [6, 6.07) is 7.43. The molecule has 0 aliphatic carbocycles. The summed E-state index contributed by atoms with van der Waals surface area (Å²) in [4.78, 5) is 4.37. The van der Waals surface area contributed by atoms with Crippen molar-refractivity contribution in [3.8, 4) is 0 Å². The Labute approximate surface area is 77.7 Å². The van der Waals surface area contributed by atoms with E-state index in [2.05, 4.69) is 10.3 Å². The molecule has 1 aromatic rings. The molecule has 0 saturated carbocycles. The van der Waals surface area contributed by atoms with Crippen LogP contribution in [0.4, 0.5) is 5.69 Å². The van der Waals surface area contributed by atoms with Crippen LogP contribution in [0.2, 0.25) is 0 Å². The van der Waals surface area contributed by atoms with E-state index in [-0.39, 0.29) is 0 Å². The first-order valence-corrected chi connectivity index (χ1v) is 4.46. The molecule has 0 unspecified atom stereocenters. The Morgan fingerprint density at radius 1 is 1.23 bits per heavy atom. The first-order chi connectivity index (χ1) is 6.36. The van der Waals surface area contributed by atoms with Gasteiger partial charge in [-0.15, -0.1) is 0 Å². The number of hydrogen-bond donors (Lipinski definition) is 1. The zero-order valence-corrected chi connectivity index (χ0v) is 7.38. The van der Waals surface area contributed by atoms with Gasteiger partial charge < -0.3 is 11.1 Å². The van der Waals surface area contributed by atoms with Crippen molar-refractivity contribution in [3.05, 3.63) is 29.8 Å². The van der Waals surface area contributed by atoms with Crippen LogP contribution in [0, 0.1) is 0 Å². The molecule has 1 aliphatic heterocycles. The molecule has 1 heterocycles. The fraction of sp³-hybridized carbons (Fsp3) is 0.300. The predicted molar refractivity (Wildman–Crippen MR) is 53.2 cm³/mol. The van der Waals surface area contributed by atoms with Gasteiger partial charge in [-0.25, -0.2) is 0 Å². The van der Waals surface area contributed by atoms with Crippen molar-refractivity contribution in [2.24, 2.45) is 4.99 Å². The Hall–Kier alpha value is -1.51. The van der Waals surface area contributed by atoms with Crippen LogP contribution in [-0.4, -0.2) is 18.9 Å². The molecule has 13 heavy (non-hydrogen) atoms. The molecule has 3 nitrogen and oxygen atoms in total. The lowest BCUT2D eigenvalue weighted by atomic mass is 10.1. The maximum absolute atomic E-state index is 7.35. The minimum absolute atomic E-state index is 0.542.